The zero-order chi connectivity index (χ0) is 11.4. The van der Waals surface area contributed by atoms with Gasteiger partial charge >= 0.3 is 18.2 Å². The zero-order valence-electron chi connectivity index (χ0n) is 7.18. The van der Waals surface area contributed by atoms with E-state index >= 15 is 0 Å². The van der Waals surface area contributed by atoms with Gasteiger partial charge in [0.15, 0.2) is 0 Å². The highest BCUT2D eigenvalue weighted by Crippen LogP contribution is 2.11. The largest absolute Gasteiger partial charge is 0.480 e. The molecule has 0 aromatic carbocycles. The second kappa shape index (κ2) is 4.68. The van der Waals surface area contributed by atoms with E-state index in [9.17, 15) is 22.8 Å². The fourth-order valence-electron chi connectivity index (χ4n) is 0.490. The maximum Gasteiger partial charge on any atom is 0.405 e. The summed E-state index contributed by atoms with van der Waals surface area (Å²) >= 11 is 0. The third-order valence-electron chi connectivity index (χ3n) is 1.17. The van der Waals surface area contributed by atoms with Crippen LogP contribution in [-0.2, 0) is 4.79 Å². The Labute approximate surface area is 77.3 Å². The maximum absolute atomic E-state index is 11.6. The molecule has 0 radical (unpaired) electrons. The number of alkyl halides is 3. The number of nitrogens with one attached hydrogen (secondary N) is 2. The minimum Gasteiger partial charge on any atom is -0.480 e. The molecule has 0 aromatic rings. The summed E-state index contributed by atoms with van der Waals surface area (Å²) in [6, 6.07) is -2.40. The van der Waals surface area contributed by atoms with Gasteiger partial charge in [-0.3, -0.25) is 4.79 Å². The third-order valence-corrected chi connectivity index (χ3v) is 1.17. The van der Waals surface area contributed by atoms with Crippen molar-refractivity contribution < 1.29 is 27.9 Å². The number of carboxylic acid groups (broad SMARTS) is 1. The van der Waals surface area contributed by atoms with E-state index in [0.29, 0.717) is 0 Å². The Kier molecular flexibility index (Phi) is 4.19. The summed E-state index contributed by atoms with van der Waals surface area (Å²) in [7, 11) is 0. The Morgan fingerprint density at radius 3 is 2.29 bits per heavy atom. The van der Waals surface area contributed by atoms with Gasteiger partial charge < -0.3 is 15.7 Å². The molecule has 8 heteroatoms. The summed E-state index contributed by atoms with van der Waals surface area (Å²) < 4.78 is 34.7. The first-order valence-corrected chi connectivity index (χ1v) is 3.56. The van der Waals surface area contributed by atoms with Crippen LogP contribution in [0.15, 0.2) is 0 Å². The van der Waals surface area contributed by atoms with Gasteiger partial charge in [-0.05, 0) is 6.92 Å². The van der Waals surface area contributed by atoms with Crippen molar-refractivity contribution in [1.82, 2.24) is 10.6 Å². The summed E-state index contributed by atoms with van der Waals surface area (Å²) in [6.07, 6.45) is -4.51. The van der Waals surface area contributed by atoms with Crippen LogP contribution in [0.25, 0.3) is 0 Å². The van der Waals surface area contributed by atoms with Crippen LogP contribution in [0.2, 0.25) is 0 Å². The van der Waals surface area contributed by atoms with Crippen molar-refractivity contribution in [3.8, 4) is 0 Å². The van der Waals surface area contributed by atoms with Crippen LogP contribution in [0.5, 0.6) is 0 Å². The smallest absolute Gasteiger partial charge is 0.405 e. The van der Waals surface area contributed by atoms with Crippen molar-refractivity contribution in [2.24, 2.45) is 0 Å². The van der Waals surface area contributed by atoms with E-state index in [1.54, 1.807) is 5.32 Å². The monoisotopic (exact) mass is 214 g/mol. The highest BCUT2D eigenvalue weighted by molar-refractivity contribution is 5.82. The maximum atomic E-state index is 11.6. The summed E-state index contributed by atoms with van der Waals surface area (Å²) in [4.78, 5) is 20.8. The molecule has 0 saturated heterocycles. The lowest BCUT2D eigenvalue weighted by Crippen LogP contribution is -2.46. The molecule has 3 N–H and O–H groups in total. The van der Waals surface area contributed by atoms with Gasteiger partial charge in [0.2, 0.25) is 0 Å². The summed E-state index contributed by atoms with van der Waals surface area (Å²) in [5, 5.41) is 11.6. The standard InChI is InChI=1S/C6H9F3N2O3/c1-3(4(12)13)11-5(14)10-2-6(7,8)9/h3H,2H2,1H3,(H,12,13)(H2,10,11,14)/t3-/m1/s1. The molecule has 0 aliphatic carbocycles. The second-order valence-electron chi connectivity index (χ2n) is 2.50. The van der Waals surface area contributed by atoms with Crippen LogP contribution in [0.1, 0.15) is 6.92 Å². The number of carbonyl (C=O) groups is 2. The molecule has 0 fully saturated rings. The fourth-order valence-corrected chi connectivity index (χ4v) is 0.490. The van der Waals surface area contributed by atoms with Crippen LogP contribution >= 0.6 is 0 Å². The average Bonchev–Trinajstić information content (AvgIpc) is 1.99. The van der Waals surface area contributed by atoms with E-state index in [-0.39, 0.29) is 0 Å². The lowest BCUT2D eigenvalue weighted by molar-refractivity contribution is -0.138. The summed E-state index contributed by atoms with van der Waals surface area (Å²) in [6.45, 7) is -0.360. The van der Waals surface area contributed by atoms with Crippen molar-refractivity contribution in [2.45, 2.75) is 19.1 Å². The number of carbonyl (C=O) groups excluding carboxylic acids is 1. The van der Waals surface area contributed by atoms with Gasteiger partial charge in [0.05, 0.1) is 0 Å². The Balaban J connectivity index is 3.83. The van der Waals surface area contributed by atoms with E-state index in [2.05, 4.69) is 0 Å². The van der Waals surface area contributed by atoms with Crippen LogP contribution < -0.4 is 10.6 Å². The minimum absolute atomic E-state index is 1.13. The van der Waals surface area contributed by atoms with Crippen LogP contribution in [0.3, 0.4) is 0 Å². The number of urea groups is 1. The number of rotatable bonds is 3. The molecule has 0 bridgehead atoms. The van der Waals surface area contributed by atoms with E-state index < -0.39 is 30.8 Å². The Hall–Kier alpha value is -1.47. The number of amides is 2. The molecular formula is C6H9F3N2O3. The number of carboxylic acids is 1. The van der Waals surface area contributed by atoms with E-state index in [1.165, 1.54) is 5.32 Å². The molecule has 0 spiro atoms. The first kappa shape index (κ1) is 12.5. The van der Waals surface area contributed by atoms with Gasteiger partial charge in [0, 0.05) is 0 Å². The first-order valence-electron chi connectivity index (χ1n) is 3.56. The molecule has 0 heterocycles. The molecule has 82 valence electrons. The molecule has 0 unspecified atom stereocenters. The quantitative estimate of drug-likeness (QED) is 0.633. The minimum atomic E-state index is -4.51. The van der Waals surface area contributed by atoms with Gasteiger partial charge in [0.25, 0.3) is 0 Å². The topological polar surface area (TPSA) is 78.4 Å². The van der Waals surface area contributed by atoms with Crippen molar-refractivity contribution in [2.75, 3.05) is 6.54 Å². The zero-order valence-corrected chi connectivity index (χ0v) is 7.18. The third kappa shape index (κ3) is 6.09. The fraction of sp³-hybridized carbons (Fsp3) is 0.667. The number of aliphatic carboxylic acids is 1. The molecule has 0 saturated carbocycles. The Morgan fingerprint density at radius 1 is 1.43 bits per heavy atom. The van der Waals surface area contributed by atoms with Crippen LogP contribution in [0, 0.1) is 0 Å². The van der Waals surface area contributed by atoms with Gasteiger partial charge in [-0.15, -0.1) is 0 Å². The summed E-state index contributed by atoms with van der Waals surface area (Å²) in [5.41, 5.74) is 0. The van der Waals surface area contributed by atoms with E-state index in [1.807, 2.05) is 0 Å². The highest BCUT2D eigenvalue weighted by Gasteiger charge is 2.28. The van der Waals surface area contributed by atoms with Gasteiger partial charge in [-0.1, -0.05) is 0 Å². The molecule has 5 nitrogen and oxygen atoms in total. The summed E-state index contributed by atoms with van der Waals surface area (Å²) in [5.74, 6) is -1.33. The normalized spacial score (nSPS) is 13.1. The molecule has 2 amide bonds. The van der Waals surface area contributed by atoms with Crippen molar-refractivity contribution in [1.29, 1.82) is 0 Å². The van der Waals surface area contributed by atoms with Crippen molar-refractivity contribution in [3.63, 3.8) is 0 Å². The lowest BCUT2D eigenvalue weighted by atomic mass is 10.3. The molecule has 0 rings (SSSR count). The van der Waals surface area contributed by atoms with Gasteiger partial charge in [-0.2, -0.15) is 13.2 Å². The van der Waals surface area contributed by atoms with E-state index in [4.69, 9.17) is 5.11 Å². The number of halogens is 3. The number of hydrogen-bond acceptors (Lipinski definition) is 2. The number of hydrogen-bond donors (Lipinski definition) is 3. The van der Waals surface area contributed by atoms with E-state index in [0.717, 1.165) is 6.92 Å². The van der Waals surface area contributed by atoms with Crippen molar-refractivity contribution >= 4 is 12.0 Å². The molecular weight excluding hydrogens is 205 g/mol. The first-order chi connectivity index (χ1) is 6.22. The highest BCUT2D eigenvalue weighted by atomic mass is 19.4. The molecule has 1 atom stereocenters. The second-order valence-corrected chi connectivity index (χ2v) is 2.50. The Bertz CT molecular complexity index is 229. The molecule has 0 aliphatic heterocycles. The molecule has 0 aromatic heterocycles. The van der Waals surface area contributed by atoms with Crippen LogP contribution in [0.4, 0.5) is 18.0 Å². The average molecular weight is 214 g/mol. The van der Waals surface area contributed by atoms with Crippen molar-refractivity contribution in [3.05, 3.63) is 0 Å². The Morgan fingerprint density at radius 2 is 1.93 bits per heavy atom. The SMILES string of the molecule is C[C@@H](NC(=O)NCC(F)(F)F)C(=O)O. The lowest BCUT2D eigenvalue weighted by Gasteiger charge is -2.11. The molecule has 14 heavy (non-hydrogen) atoms. The van der Waals surface area contributed by atoms with Gasteiger partial charge in [0.1, 0.15) is 12.6 Å². The molecule has 0 aliphatic rings. The van der Waals surface area contributed by atoms with Crippen LogP contribution in [-0.4, -0.2) is 35.9 Å². The van der Waals surface area contributed by atoms with Gasteiger partial charge in [-0.25, -0.2) is 4.79 Å². The predicted octanol–water partition coefficient (Wildman–Crippen LogP) is 0.321. The predicted molar refractivity (Wildman–Crippen MR) is 39.7 cm³/mol.